The van der Waals surface area contributed by atoms with Crippen LogP contribution in [0.4, 0.5) is 39.1 Å². The smallest absolute Gasteiger partial charge is 0.340 e. The van der Waals surface area contributed by atoms with Crippen LogP contribution in [0.1, 0.15) is 15.9 Å². The van der Waals surface area contributed by atoms with Gasteiger partial charge < -0.3 is 10.6 Å². The van der Waals surface area contributed by atoms with Crippen LogP contribution < -0.4 is 10.6 Å². The van der Waals surface area contributed by atoms with Gasteiger partial charge in [-0.15, -0.1) is 0 Å². The molecule has 0 saturated carbocycles. The third-order valence-corrected chi connectivity index (χ3v) is 3.67. The van der Waals surface area contributed by atoms with E-state index in [2.05, 4.69) is 15.6 Å². The number of anilines is 3. The van der Waals surface area contributed by atoms with Crippen LogP contribution in [-0.2, 0) is 6.18 Å². The molecule has 0 saturated heterocycles. The summed E-state index contributed by atoms with van der Waals surface area (Å²) >= 11 is 0. The summed E-state index contributed by atoms with van der Waals surface area (Å²) in [6.07, 6.45) is -3.19. The molecule has 4 nitrogen and oxygen atoms in total. The molecule has 0 fully saturated rings. The molecular weight excluding hydrogens is 381 g/mol. The summed E-state index contributed by atoms with van der Waals surface area (Å²) in [5, 5.41) is 5.19. The molecule has 144 valence electrons. The van der Waals surface area contributed by atoms with E-state index in [4.69, 9.17) is 0 Å². The van der Waals surface area contributed by atoms with E-state index in [0.717, 1.165) is 30.3 Å². The fraction of sp³-hybridized carbons (Fsp3) is 0.0526. The molecule has 0 radical (unpaired) electrons. The summed E-state index contributed by atoms with van der Waals surface area (Å²) in [4.78, 5) is 16.0. The number of carbonyl (C=O) groups is 1. The highest BCUT2D eigenvalue weighted by Crippen LogP contribution is 2.31. The molecule has 3 aromatic rings. The number of nitrogens with one attached hydrogen (secondary N) is 2. The molecule has 28 heavy (non-hydrogen) atoms. The molecule has 0 aliphatic rings. The number of carbonyl (C=O) groups excluding carboxylic acids is 1. The van der Waals surface area contributed by atoms with Crippen LogP contribution in [0.2, 0.25) is 0 Å². The summed E-state index contributed by atoms with van der Waals surface area (Å²) in [6, 6.07) is 10.3. The Kier molecular flexibility index (Phi) is 5.25. The molecule has 0 unspecified atom stereocenters. The number of rotatable bonds is 4. The maximum atomic E-state index is 13.2. The SMILES string of the molecule is O=C(Nc1ccc(Nc2cccc(C(F)(F)F)c2)nc1)c1ccc(F)c(F)c1. The standard InChI is InChI=1S/C19H12F5N3O/c20-15-6-4-11(8-16(15)21)18(28)27-14-5-7-17(25-10-14)26-13-3-1-2-12(9-13)19(22,23)24/h1-10H,(H,25,26)(H,27,28). The fourth-order valence-electron chi connectivity index (χ4n) is 2.30. The lowest BCUT2D eigenvalue weighted by molar-refractivity contribution is -0.137. The van der Waals surface area contributed by atoms with Gasteiger partial charge in [0.2, 0.25) is 0 Å². The zero-order valence-corrected chi connectivity index (χ0v) is 14.0. The predicted octanol–water partition coefficient (Wildman–Crippen LogP) is 5.37. The number of nitrogens with zero attached hydrogens (tertiary/aromatic N) is 1. The Balaban J connectivity index is 1.68. The van der Waals surface area contributed by atoms with Gasteiger partial charge in [0, 0.05) is 11.3 Å². The Labute approximate surface area is 156 Å². The molecule has 0 aliphatic carbocycles. The molecular formula is C19H12F5N3O. The second-order valence-corrected chi connectivity index (χ2v) is 5.72. The van der Waals surface area contributed by atoms with Crippen LogP contribution in [0.3, 0.4) is 0 Å². The zero-order chi connectivity index (χ0) is 20.3. The van der Waals surface area contributed by atoms with Crippen molar-refractivity contribution in [1.29, 1.82) is 0 Å². The normalized spacial score (nSPS) is 11.2. The maximum Gasteiger partial charge on any atom is 0.416 e. The van der Waals surface area contributed by atoms with E-state index < -0.39 is 29.3 Å². The van der Waals surface area contributed by atoms with Crippen molar-refractivity contribution in [1.82, 2.24) is 4.98 Å². The summed E-state index contributed by atoms with van der Waals surface area (Å²) in [5.41, 5.74) is -0.414. The summed E-state index contributed by atoms with van der Waals surface area (Å²) in [6.45, 7) is 0. The highest BCUT2D eigenvalue weighted by Gasteiger charge is 2.30. The molecule has 0 bridgehead atoms. The number of halogens is 5. The van der Waals surface area contributed by atoms with Crippen molar-refractivity contribution < 1.29 is 26.7 Å². The Morgan fingerprint density at radius 3 is 2.32 bits per heavy atom. The number of hydrogen-bond donors (Lipinski definition) is 2. The van der Waals surface area contributed by atoms with E-state index in [1.165, 1.54) is 30.5 Å². The third-order valence-electron chi connectivity index (χ3n) is 3.67. The second kappa shape index (κ2) is 7.63. The average molecular weight is 393 g/mol. The monoisotopic (exact) mass is 393 g/mol. The zero-order valence-electron chi connectivity index (χ0n) is 14.0. The Hall–Kier alpha value is -3.49. The van der Waals surface area contributed by atoms with Crippen molar-refractivity contribution in [3.8, 4) is 0 Å². The molecule has 1 heterocycles. The van der Waals surface area contributed by atoms with E-state index >= 15 is 0 Å². The van der Waals surface area contributed by atoms with Gasteiger partial charge in [-0.05, 0) is 48.5 Å². The summed E-state index contributed by atoms with van der Waals surface area (Å²) in [7, 11) is 0. The largest absolute Gasteiger partial charge is 0.416 e. The first kappa shape index (κ1) is 19.3. The molecule has 0 atom stereocenters. The first-order valence-corrected chi connectivity index (χ1v) is 7.89. The highest BCUT2D eigenvalue weighted by molar-refractivity contribution is 6.04. The van der Waals surface area contributed by atoms with Crippen molar-refractivity contribution >= 4 is 23.1 Å². The molecule has 3 rings (SSSR count). The van der Waals surface area contributed by atoms with Crippen molar-refractivity contribution in [2.45, 2.75) is 6.18 Å². The van der Waals surface area contributed by atoms with Crippen molar-refractivity contribution in [2.24, 2.45) is 0 Å². The van der Waals surface area contributed by atoms with Crippen molar-refractivity contribution in [2.75, 3.05) is 10.6 Å². The van der Waals surface area contributed by atoms with Gasteiger partial charge in [0.15, 0.2) is 11.6 Å². The van der Waals surface area contributed by atoms with Crippen LogP contribution >= 0.6 is 0 Å². The van der Waals surface area contributed by atoms with E-state index in [1.54, 1.807) is 0 Å². The minimum atomic E-state index is -4.46. The van der Waals surface area contributed by atoms with E-state index in [1.807, 2.05) is 0 Å². The number of alkyl halides is 3. The molecule has 2 aromatic carbocycles. The van der Waals surface area contributed by atoms with Crippen molar-refractivity contribution in [3.63, 3.8) is 0 Å². The van der Waals surface area contributed by atoms with Gasteiger partial charge >= 0.3 is 6.18 Å². The van der Waals surface area contributed by atoms with Crippen LogP contribution in [-0.4, -0.2) is 10.9 Å². The molecule has 2 N–H and O–H groups in total. The number of benzene rings is 2. The lowest BCUT2D eigenvalue weighted by atomic mass is 10.2. The van der Waals surface area contributed by atoms with Gasteiger partial charge in [0.05, 0.1) is 17.4 Å². The predicted molar refractivity (Wildman–Crippen MR) is 93.3 cm³/mol. The van der Waals surface area contributed by atoms with Crippen molar-refractivity contribution in [3.05, 3.63) is 83.6 Å². The lowest BCUT2D eigenvalue weighted by Gasteiger charge is -2.11. The van der Waals surface area contributed by atoms with Crippen LogP contribution in [0.5, 0.6) is 0 Å². The Morgan fingerprint density at radius 1 is 0.893 bits per heavy atom. The first-order valence-electron chi connectivity index (χ1n) is 7.89. The average Bonchev–Trinajstić information content (AvgIpc) is 2.65. The maximum absolute atomic E-state index is 13.2. The van der Waals surface area contributed by atoms with E-state index in [0.29, 0.717) is 0 Å². The minimum absolute atomic E-state index is 0.0786. The van der Waals surface area contributed by atoms with Gasteiger partial charge in [-0.3, -0.25) is 4.79 Å². The molecule has 1 amide bonds. The molecule has 0 aliphatic heterocycles. The van der Waals surface area contributed by atoms with Gasteiger partial charge in [0.1, 0.15) is 5.82 Å². The molecule has 1 aromatic heterocycles. The van der Waals surface area contributed by atoms with Gasteiger partial charge in [0.25, 0.3) is 5.91 Å². The van der Waals surface area contributed by atoms with Crippen LogP contribution in [0.15, 0.2) is 60.8 Å². The number of aromatic nitrogens is 1. The Morgan fingerprint density at radius 2 is 1.68 bits per heavy atom. The first-order chi connectivity index (χ1) is 13.2. The fourth-order valence-corrected chi connectivity index (χ4v) is 2.30. The Bertz CT molecular complexity index is 1000. The quantitative estimate of drug-likeness (QED) is 0.586. The summed E-state index contributed by atoms with van der Waals surface area (Å²) < 4.78 is 64.3. The molecule has 0 spiro atoms. The van der Waals surface area contributed by atoms with E-state index in [9.17, 15) is 26.7 Å². The molecule has 9 heteroatoms. The lowest BCUT2D eigenvalue weighted by Crippen LogP contribution is -2.12. The third kappa shape index (κ3) is 4.61. The van der Waals surface area contributed by atoms with Crippen LogP contribution in [0, 0.1) is 11.6 Å². The minimum Gasteiger partial charge on any atom is -0.340 e. The van der Waals surface area contributed by atoms with E-state index in [-0.39, 0.29) is 22.8 Å². The highest BCUT2D eigenvalue weighted by atomic mass is 19.4. The van der Waals surface area contributed by atoms with Gasteiger partial charge in [-0.25, -0.2) is 13.8 Å². The van der Waals surface area contributed by atoms with Crippen LogP contribution in [0.25, 0.3) is 0 Å². The van der Waals surface area contributed by atoms with Gasteiger partial charge in [-0.1, -0.05) is 6.07 Å². The van der Waals surface area contributed by atoms with Gasteiger partial charge in [-0.2, -0.15) is 13.2 Å². The summed E-state index contributed by atoms with van der Waals surface area (Å²) in [5.74, 6) is -2.63. The number of pyridine rings is 1. The number of amides is 1. The second-order valence-electron chi connectivity index (χ2n) is 5.72. The topological polar surface area (TPSA) is 54.0 Å². The number of hydrogen-bond acceptors (Lipinski definition) is 3.